The van der Waals surface area contributed by atoms with Crippen LogP contribution in [0.25, 0.3) is 5.69 Å². The van der Waals surface area contributed by atoms with Crippen LogP contribution in [0.3, 0.4) is 0 Å². The van der Waals surface area contributed by atoms with Gasteiger partial charge in [0.25, 0.3) is 5.56 Å². The van der Waals surface area contributed by atoms with Gasteiger partial charge in [0.2, 0.25) is 0 Å². The van der Waals surface area contributed by atoms with Gasteiger partial charge in [-0.1, -0.05) is 38.5 Å². The Hall–Kier alpha value is -1.77. The third kappa shape index (κ3) is 2.13. The molecule has 0 saturated carbocycles. The molecule has 0 spiro atoms. The van der Waals surface area contributed by atoms with Crippen LogP contribution < -0.4 is 5.56 Å². The number of hydrogen-bond acceptors (Lipinski definition) is 1. The number of H-pyrrole nitrogens is 1. The van der Waals surface area contributed by atoms with E-state index < -0.39 is 0 Å². The quantitative estimate of drug-likeness (QED) is 0.882. The Morgan fingerprint density at radius 2 is 1.94 bits per heavy atom. The average molecular weight is 244 g/mol. The largest absolute Gasteiger partial charge is 0.268 e. The van der Waals surface area contributed by atoms with Gasteiger partial charge in [0.15, 0.2) is 0 Å². The molecule has 0 aliphatic heterocycles. The lowest BCUT2D eigenvalue weighted by atomic mass is 10.1. The predicted octanol–water partition coefficient (Wildman–Crippen LogP) is 2.99. The monoisotopic (exact) mass is 244 g/mol. The van der Waals surface area contributed by atoms with E-state index in [0.29, 0.717) is 0 Å². The lowest BCUT2D eigenvalue weighted by Crippen LogP contribution is -2.07. The van der Waals surface area contributed by atoms with Gasteiger partial charge in [0.1, 0.15) is 0 Å². The van der Waals surface area contributed by atoms with E-state index in [4.69, 9.17) is 0 Å². The molecule has 0 unspecified atom stereocenters. The Morgan fingerprint density at radius 3 is 2.56 bits per heavy atom. The van der Waals surface area contributed by atoms with E-state index in [1.807, 2.05) is 22.9 Å². The summed E-state index contributed by atoms with van der Waals surface area (Å²) in [4.78, 5) is 12.0. The molecule has 0 aliphatic rings. The van der Waals surface area contributed by atoms with Crippen molar-refractivity contribution in [3.8, 4) is 5.69 Å². The SMILES string of the molecule is CCCc1c(CC)n(-c2ccccc2C)[nH]c1=O. The van der Waals surface area contributed by atoms with Crippen LogP contribution in [0.15, 0.2) is 29.1 Å². The molecule has 0 saturated heterocycles. The van der Waals surface area contributed by atoms with E-state index in [0.717, 1.165) is 36.2 Å². The van der Waals surface area contributed by atoms with E-state index in [9.17, 15) is 4.79 Å². The molecule has 1 N–H and O–H groups in total. The summed E-state index contributed by atoms with van der Waals surface area (Å²) in [5.41, 5.74) is 4.33. The van der Waals surface area contributed by atoms with E-state index >= 15 is 0 Å². The maximum Gasteiger partial charge on any atom is 0.267 e. The summed E-state index contributed by atoms with van der Waals surface area (Å²) in [6.45, 7) is 6.26. The summed E-state index contributed by atoms with van der Waals surface area (Å²) >= 11 is 0. The molecule has 2 rings (SSSR count). The van der Waals surface area contributed by atoms with Gasteiger partial charge in [-0.05, 0) is 31.4 Å². The molecule has 0 atom stereocenters. The van der Waals surface area contributed by atoms with Crippen LogP contribution in [-0.4, -0.2) is 9.78 Å². The number of nitrogens with zero attached hydrogens (tertiary/aromatic N) is 1. The average Bonchev–Trinajstić information content (AvgIpc) is 2.67. The van der Waals surface area contributed by atoms with Crippen LogP contribution in [-0.2, 0) is 12.8 Å². The maximum absolute atomic E-state index is 12.0. The summed E-state index contributed by atoms with van der Waals surface area (Å²) in [5.74, 6) is 0. The van der Waals surface area contributed by atoms with Crippen molar-refractivity contribution in [2.75, 3.05) is 0 Å². The molecule has 0 aliphatic carbocycles. The summed E-state index contributed by atoms with van der Waals surface area (Å²) < 4.78 is 1.95. The van der Waals surface area contributed by atoms with E-state index in [2.05, 4.69) is 31.9 Å². The fourth-order valence-corrected chi connectivity index (χ4v) is 2.40. The van der Waals surface area contributed by atoms with E-state index in [1.54, 1.807) is 0 Å². The highest BCUT2D eigenvalue weighted by molar-refractivity contribution is 5.41. The van der Waals surface area contributed by atoms with Crippen molar-refractivity contribution >= 4 is 0 Å². The molecular weight excluding hydrogens is 224 g/mol. The first-order valence-electron chi connectivity index (χ1n) is 6.57. The molecular formula is C15H20N2O. The molecule has 1 heterocycles. The Labute approximate surface area is 107 Å². The molecule has 1 aromatic heterocycles. The molecule has 0 bridgehead atoms. The van der Waals surface area contributed by atoms with Crippen molar-refractivity contribution in [3.05, 3.63) is 51.4 Å². The van der Waals surface area contributed by atoms with Gasteiger partial charge < -0.3 is 0 Å². The smallest absolute Gasteiger partial charge is 0.267 e. The number of hydrogen-bond donors (Lipinski definition) is 1. The van der Waals surface area contributed by atoms with Crippen LogP contribution in [0.2, 0.25) is 0 Å². The van der Waals surface area contributed by atoms with Gasteiger partial charge in [-0.3, -0.25) is 14.6 Å². The van der Waals surface area contributed by atoms with Crippen LogP contribution in [0.5, 0.6) is 0 Å². The number of aromatic nitrogens is 2. The van der Waals surface area contributed by atoms with Crippen LogP contribution >= 0.6 is 0 Å². The Kier molecular flexibility index (Phi) is 3.70. The standard InChI is InChI=1S/C15H20N2O/c1-4-8-12-13(5-2)17(16-15(12)18)14-10-7-6-9-11(14)3/h6-7,9-10H,4-5,8H2,1-3H3,(H,16,18). The fourth-order valence-electron chi connectivity index (χ4n) is 2.40. The minimum absolute atomic E-state index is 0.0527. The summed E-state index contributed by atoms with van der Waals surface area (Å²) in [5, 5.41) is 2.97. The molecule has 3 heteroatoms. The Morgan fingerprint density at radius 1 is 1.22 bits per heavy atom. The maximum atomic E-state index is 12.0. The first-order chi connectivity index (χ1) is 8.69. The predicted molar refractivity (Wildman–Crippen MR) is 74.5 cm³/mol. The van der Waals surface area contributed by atoms with Crippen molar-refractivity contribution in [3.63, 3.8) is 0 Å². The summed E-state index contributed by atoms with van der Waals surface area (Å²) in [7, 11) is 0. The zero-order chi connectivity index (χ0) is 13.1. The minimum atomic E-state index is 0.0527. The van der Waals surface area contributed by atoms with Gasteiger partial charge in [-0.2, -0.15) is 0 Å². The normalized spacial score (nSPS) is 10.8. The van der Waals surface area contributed by atoms with Crippen LogP contribution in [0, 0.1) is 6.92 Å². The van der Waals surface area contributed by atoms with Gasteiger partial charge in [0, 0.05) is 11.3 Å². The van der Waals surface area contributed by atoms with Gasteiger partial charge in [-0.25, -0.2) is 0 Å². The minimum Gasteiger partial charge on any atom is -0.268 e. The third-order valence-electron chi connectivity index (χ3n) is 3.30. The van der Waals surface area contributed by atoms with Crippen molar-refractivity contribution in [2.45, 2.75) is 40.0 Å². The molecule has 0 radical (unpaired) electrons. The second-order valence-corrected chi connectivity index (χ2v) is 4.59. The number of aryl methyl sites for hydroxylation is 1. The zero-order valence-corrected chi connectivity index (χ0v) is 11.3. The number of nitrogens with one attached hydrogen (secondary N) is 1. The van der Waals surface area contributed by atoms with Gasteiger partial charge >= 0.3 is 0 Å². The Bertz CT molecular complexity index is 593. The number of rotatable bonds is 4. The molecule has 2 aromatic rings. The summed E-state index contributed by atoms with van der Waals surface area (Å²) in [6, 6.07) is 8.12. The van der Waals surface area contributed by atoms with Crippen LogP contribution in [0.4, 0.5) is 0 Å². The lowest BCUT2D eigenvalue weighted by molar-refractivity contribution is 0.793. The number of para-hydroxylation sites is 1. The van der Waals surface area contributed by atoms with Crippen LogP contribution in [0.1, 0.15) is 37.1 Å². The molecule has 3 nitrogen and oxygen atoms in total. The highest BCUT2D eigenvalue weighted by atomic mass is 16.1. The lowest BCUT2D eigenvalue weighted by Gasteiger charge is -2.10. The van der Waals surface area contributed by atoms with E-state index in [-0.39, 0.29) is 5.56 Å². The topological polar surface area (TPSA) is 37.8 Å². The van der Waals surface area contributed by atoms with Crippen molar-refractivity contribution < 1.29 is 0 Å². The molecule has 0 amide bonds. The van der Waals surface area contributed by atoms with Gasteiger partial charge in [-0.15, -0.1) is 0 Å². The fraction of sp³-hybridized carbons (Fsp3) is 0.400. The highest BCUT2D eigenvalue weighted by Crippen LogP contribution is 2.17. The molecule has 0 fully saturated rings. The first kappa shape index (κ1) is 12.7. The van der Waals surface area contributed by atoms with Crippen molar-refractivity contribution in [1.29, 1.82) is 0 Å². The molecule has 18 heavy (non-hydrogen) atoms. The second-order valence-electron chi connectivity index (χ2n) is 4.59. The van der Waals surface area contributed by atoms with Gasteiger partial charge in [0.05, 0.1) is 5.69 Å². The second kappa shape index (κ2) is 5.25. The molecule has 96 valence electrons. The van der Waals surface area contributed by atoms with Crippen molar-refractivity contribution in [2.24, 2.45) is 0 Å². The Balaban J connectivity index is 2.62. The summed E-state index contributed by atoms with van der Waals surface area (Å²) in [6.07, 6.45) is 2.70. The first-order valence-corrected chi connectivity index (χ1v) is 6.57. The van der Waals surface area contributed by atoms with Crippen molar-refractivity contribution in [1.82, 2.24) is 9.78 Å². The molecule has 1 aromatic carbocycles. The third-order valence-corrected chi connectivity index (χ3v) is 3.30. The zero-order valence-electron chi connectivity index (χ0n) is 11.3. The van der Waals surface area contributed by atoms with E-state index in [1.165, 1.54) is 5.56 Å². The number of aromatic amines is 1. The number of benzene rings is 1. The highest BCUT2D eigenvalue weighted by Gasteiger charge is 2.14.